The Morgan fingerprint density at radius 2 is 1.80 bits per heavy atom. The van der Waals surface area contributed by atoms with Crippen molar-refractivity contribution in [1.29, 1.82) is 0 Å². The molecule has 0 heterocycles. The monoisotopic (exact) mass is 186 g/mol. The van der Waals surface area contributed by atoms with Crippen molar-refractivity contribution in [3.63, 3.8) is 0 Å². The van der Waals surface area contributed by atoms with Crippen molar-refractivity contribution in [3.8, 4) is 0 Å². The summed E-state index contributed by atoms with van der Waals surface area (Å²) in [5.41, 5.74) is 0. The van der Waals surface area contributed by atoms with Crippen LogP contribution in [0.1, 0.15) is 0 Å². The third kappa shape index (κ3) is 2290. The third-order valence-corrected chi connectivity index (χ3v) is 0. The molecule has 1 N–H and O–H groups in total. The number of hydrogen-bond acceptors (Lipinski definition) is 2. The summed E-state index contributed by atoms with van der Waals surface area (Å²) in [5, 5.41) is 15.3. The van der Waals surface area contributed by atoms with Gasteiger partial charge in [-0.25, -0.2) is 0 Å². The fraction of sp³-hybridized carbons (Fsp3) is 0. The van der Waals surface area contributed by atoms with Gasteiger partial charge in [0, 0.05) is 0 Å². The van der Waals surface area contributed by atoms with Crippen LogP contribution in [-0.4, -0.2) is 35.7 Å². The van der Waals surface area contributed by atoms with Crippen molar-refractivity contribution in [2.45, 2.75) is 0 Å². The molecule has 0 atom stereocenters. The van der Waals surface area contributed by atoms with Crippen molar-refractivity contribution in [2.24, 2.45) is 0 Å². The molecule has 0 aromatic heterocycles. The Morgan fingerprint density at radius 3 is 1.80 bits per heavy atom. The molecule has 0 fully saturated rings. The van der Waals surface area contributed by atoms with E-state index in [1.807, 2.05) is 0 Å². The number of carbonyl (C=O) groups is 1. The zero-order valence-electron chi connectivity index (χ0n) is 2.76. The molecule has 0 rings (SSSR count). The van der Waals surface area contributed by atoms with Crippen molar-refractivity contribution in [3.05, 3.63) is 0 Å². The molecule has 0 radical (unpaired) electrons. The van der Waals surface area contributed by atoms with Gasteiger partial charge in [0.15, 0.2) is 0 Å². The molecule has 0 amide bonds. The molecule has 0 saturated carbocycles. The minimum atomic E-state index is -2.08. The van der Waals surface area contributed by atoms with E-state index in [-0.39, 0.29) is 24.4 Å². The molecular weight excluding hydrogens is 182 g/mol. The quantitative estimate of drug-likeness (QED) is 0.424. The van der Waals surface area contributed by atoms with Gasteiger partial charge in [0.25, 0.3) is 0 Å². The average Bonchev–Trinajstić information content (AvgIpc) is 0.811. The van der Waals surface area contributed by atoms with Crippen molar-refractivity contribution in [2.75, 3.05) is 0 Å². The van der Waals surface area contributed by atoms with Gasteiger partial charge < -0.3 is 15.0 Å². The van der Waals surface area contributed by atoms with Gasteiger partial charge in [-0.2, -0.15) is 0 Å². The van der Waals surface area contributed by atoms with Gasteiger partial charge in [0.2, 0.25) is 6.16 Å². The minimum absolute atomic E-state index is 0. The van der Waals surface area contributed by atoms with Crippen LogP contribution in [0.3, 0.4) is 0 Å². The molecule has 0 saturated heterocycles. The first kappa shape index (κ1) is 8.92. The number of carboxylic acid groups (broad SMARTS) is 2. The van der Waals surface area contributed by atoms with Crippen molar-refractivity contribution >= 4 is 30.6 Å². The Kier molecular flexibility index (Phi) is 7.29. The Bertz CT molecular complexity index is 29.9. The molecule has 4 heteroatoms. The average molecular weight is 187 g/mol. The SMILES string of the molecule is O=C([O-])O.[SbH4+]. The van der Waals surface area contributed by atoms with Crippen LogP contribution in [0.2, 0.25) is 0 Å². The molecular formula is CH5O3Sb. The summed E-state index contributed by atoms with van der Waals surface area (Å²) < 4.78 is 0. The first-order chi connectivity index (χ1) is 1.73. The predicted molar refractivity (Wildman–Crippen MR) is 19.4 cm³/mol. The second kappa shape index (κ2) is 4.09. The zero-order valence-corrected chi connectivity index (χ0v) is 8.47. The molecule has 0 aliphatic carbocycles. The van der Waals surface area contributed by atoms with E-state index in [9.17, 15) is 0 Å². The summed E-state index contributed by atoms with van der Waals surface area (Å²) in [4.78, 5) is 8.44. The van der Waals surface area contributed by atoms with Gasteiger partial charge in [-0.15, -0.1) is 0 Å². The van der Waals surface area contributed by atoms with Crippen LogP contribution in [-0.2, 0) is 0 Å². The molecule has 3 nitrogen and oxygen atoms in total. The number of hydrogen-bond donors (Lipinski definition) is 1. The Morgan fingerprint density at radius 1 is 1.80 bits per heavy atom. The summed E-state index contributed by atoms with van der Waals surface area (Å²) in [6, 6.07) is 0. The fourth-order valence-electron chi connectivity index (χ4n) is 0. The van der Waals surface area contributed by atoms with Gasteiger partial charge in [-0.1, -0.05) is 0 Å². The van der Waals surface area contributed by atoms with Crippen LogP contribution in [0.25, 0.3) is 0 Å². The van der Waals surface area contributed by atoms with Gasteiger partial charge in [-0.05, 0) is 0 Å². The summed E-state index contributed by atoms with van der Waals surface area (Å²) in [6.45, 7) is 0. The fourth-order valence-corrected chi connectivity index (χ4v) is 0. The maximum atomic E-state index is 8.44. The summed E-state index contributed by atoms with van der Waals surface area (Å²) >= 11 is 0. The molecule has 0 aromatic rings. The van der Waals surface area contributed by atoms with Crippen LogP contribution >= 0.6 is 0 Å². The van der Waals surface area contributed by atoms with Gasteiger partial charge in [0.05, 0.1) is 0 Å². The van der Waals surface area contributed by atoms with E-state index in [2.05, 4.69) is 0 Å². The van der Waals surface area contributed by atoms with E-state index in [0.717, 1.165) is 0 Å². The van der Waals surface area contributed by atoms with E-state index in [4.69, 9.17) is 15.0 Å². The van der Waals surface area contributed by atoms with Crippen LogP contribution in [0.15, 0.2) is 0 Å². The first-order valence-corrected chi connectivity index (χ1v) is 0.632. The number of rotatable bonds is 0. The second-order valence-electron chi connectivity index (χ2n) is 0.266. The van der Waals surface area contributed by atoms with Gasteiger partial charge >= 0.3 is 24.4 Å². The van der Waals surface area contributed by atoms with Crippen molar-refractivity contribution < 1.29 is 15.0 Å². The van der Waals surface area contributed by atoms with E-state index in [1.54, 1.807) is 0 Å². The molecule has 0 bridgehead atoms. The van der Waals surface area contributed by atoms with Crippen LogP contribution in [0, 0.1) is 0 Å². The van der Waals surface area contributed by atoms with Gasteiger partial charge in [-0.3, -0.25) is 0 Å². The molecule has 0 aromatic carbocycles. The molecule has 32 valence electrons. The van der Waals surface area contributed by atoms with Crippen molar-refractivity contribution in [1.82, 2.24) is 0 Å². The van der Waals surface area contributed by atoms with Gasteiger partial charge in [0.1, 0.15) is 0 Å². The first-order valence-electron chi connectivity index (χ1n) is 0.632. The topological polar surface area (TPSA) is 60.4 Å². The summed E-state index contributed by atoms with van der Waals surface area (Å²) in [5.74, 6) is 0. The third-order valence-electron chi connectivity index (χ3n) is 0. The zero-order chi connectivity index (χ0) is 3.58. The van der Waals surface area contributed by atoms with E-state index >= 15 is 0 Å². The molecule has 0 unspecified atom stereocenters. The predicted octanol–water partition coefficient (Wildman–Crippen LogP) is -2.56. The van der Waals surface area contributed by atoms with Crippen LogP contribution in [0.4, 0.5) is 4.79 Å². The van der Waals surface area contributed by atoms with Crippen LogP contribution < -0.4 is 5.11 Å². The molecule has 5 heavy (non-hydrogen) atoms. The second-order valence-corrected chi connectivity index (χ2v) is 0.266. The molecule has 0 aliphatic heterocycles. The maximum absolute atomic E-state index is 8.44. The Labute approximate surface area is 46.1 Å². The molecule has 0 aliphatic rings. The molecule has 0 spiro atoms. The summed E-state index contributed by atoms with van der Waals surface area (Å²) in [6.07, 6.45) is -2.08. The van der Waals surface area contributed by atoms with E-state index < -0.39 is 6.16 Å². The normalized spacial score (nSPS) is 4.80. The van der Waals surface area contributed by atoms with Crippen LogP contribution in [0.5, 0.6) is 0 Å². The summed E-state index contributed by atoms with van der Waals surface area (Å²) in [7, 11) is 0. The Balaban J connectivity index is 0. The van der Waals surface area contributed by atoms with E-state index in [1.165, 1.54) is 0 Å². The standard InChI is InChI=1S/CH2O3.Sb.4H/c2-1(3)4;;;;;/h(H2,2,3,4);;;;;/q;+1;;;;/p-1. The van der Waals surface area contributed by atoms with E-state index in [0.29, 0.717) is 0 Å². The Hall–Kier alpha value is 0.0882.